The highest BCUT2D eigenvalue weighted by molar-refractivity contribution is 5.88. The first-order valence-electron chi connectivity index (χ1n) is 12.2. The first-order chi connectivity index (χ1) is 16.5. The molecule has 0 aliphatic carbocycles. The summed E-state index contributed by atoms with van der Waals surface area (Å²) in [7, 11) is 1.80. The van der Waals surface area contributed by atoms with Crippen LogP contribution in [0.5, 0.6) is 0 Å². The summed E-state index contributed by atoms with van der Waals surface area (Å²) in [4.78, 5) is 34.1. The molecule has 1 atom stereocenters. The molecular weight excluding hydrogens is 444 g/mol. The number of likely N-dealkylation sites (N-methyl/N-ethyl adjacent to an activating group) is 1. The number of nitrogens with zero attached hydrogens (tertiary/aromatic N) is 2. The maximum absolute atomic E-state index is 12.6. The summed E-state index contributed by atoms with van der Waals surface area (Å²) in [5.41, 5.74) is 3.12. The van der Waals surface area contributed by atoms with Crippen LogP contribution in [0.1, 0.15) is 66.1 Å². The number of fused-ring (bicyclic) bond motifs is 1. The van der Waals surface area contributed by atoms with Gasteiger partial charge in [0.15, 0.2) is 0 Å². The highest BCUT2D eigenvalue weighted by Crippen LogP contribution is 2.27. The van der Waals surface area contributed by atoms with Crippen molar-refractivity contribution < 1.29 is 19.1 Å². The average Bonchev–Trinajstić information content (AvgIpc) is 3.16. The molecule has 0 spiro atoms. The maximum atomic E-state index is 12.6. The number of amides is 1. The van der Waals surface area contributed by atoms with Crippen molar-refractivity contribution in [1.82, 2.24) is 14.9 Å². The predicted molar refractivity (Wildman–Crippen MR) is 140 cm³/mol. The number of carbonyl (C=O) groups excluding carboxylic acids is 2. The molecule has 0 aliphatic rings. The third-order valence-electron chi connectivity index (χ3n) is 5.78. The fourth-order valence-electron chi connectivity index (χ4n) is 3.62. The number of aromatic nitrogens is 2. The second-order valence-electron chi connectivity index (χ2n) is 9.52. The third kappa shape index (κ3) is 7.87. The van der Waals surface area contributed by atoms with Crippen LogP contribution >= 0.6 is 0 Å². The molecule has 0 saturated heterocycles. The standard InChI is InChI=1S/C27H40N4O4/c1-9-18(4)25(32)34-16-12-15-28-23-14-13-20-21(22(11-3)29-24(20)30-23)17-19(10-2)31(8)26(33)35-27(5,6)7/h9,12-14,16,19H,10-11,15,17H2,1-8H3,(H2,28,29,30)/b16-12+,18-9+. The van der Waals surface area contributed by atoms with Gasteiger partial charge in [0.05, 0.1) is 6.26 Å². The normalized spacial score (nSPS) is 13.2. The second-order valence-corrected chi connectivity index (χ2v) is 9.52. The Morgan fingerprint density at radius 2 is 1.97 bits per heavy atom. The zero-order valence-corrected chi connectivity index (χ0v) is 22.3. The van der Waals surface area contributed by atoms with Crippen molar-refractivity contribution in [1.29, 1.82) is 0 Å². The Labute approximate surface area is 208 Å². The number of aromatic amines is 1. The van der Waals surface area contributed by atoms with E-state index < -0.39 is 5.60 Å². The van der Waals surface area contributed by atoms with Crippen molar-refractivity contribution in [3.63, 3.8) is 0 Å². The molecule has 0 radical (unpaired) electrons. The minimum Gasteiger partial charge on any atom is -0.444 e. The van der Waals surface area contributed by atoms with Crippen molar-refractivity contribution in [3.8, 4) is 0 Å². The molecule has 2 heterocycles. The molecule has 192 valence electrons. The smallest absolute Gasteiger partial charge is 0.410 e. The van der Waals surface area contributed by atoms with Crippen LogP contribution in [-0.4, -0.2) is 52.2 Å². The van der Waals surface area contributed by atoms with Gasteiger partial charge in [0.25, 0.3) is 0 Å². The topological polar surface area (TPSA) is 96.5 Å². The number of H-pyrrole nitrogens is 1. The van der Waals surface area contributed by atoms with E-state index >= 15 is 0 Å². The Morgan fingerprint density at radius 3 is 2.57 bits per heavy atom. The van der Waals surface area contributed by atoms with Gasteiger partial charge in [0.2, 0.25) is 0 Å². The first kappa shape index (κ1) is 28.0. The van der Waals surface area contributed by atoms with Crippen LogP contribution in [0.3, 0.4) is 0 Å². The molecule has 0 saturated carbocycles. The molecule has 0 bridgehead atoms. The molecule has 2 aromatic heterocycles. The summed E-state index contributed by atoms with van der Waals surface area (Å²) >= 11 is 0. The zero-order valence-electron chi connectivity index (χ0n) is 22.3. The molecule has 1 unspecified atom stereocenters. The van der Waals surface area contributed by atoms with E-state index in [1.807, 2.05) is 26.8 Å². The molecule has 2 aromatic rings. The molecule has 0 aliphatic heterocycles. The van der Waals surface area contributed by atoms with Crippen LogP contribution in [-0.2, 0) is 27.1 Å². The number of allylic oxidation sites excluding steroid dienone is 1. The zero-order chi connectivity index (χ0) is 26.2. The molecular formula is C27H40N4O4. The predicted octanol–water partition coefficient (Wildman–Crippen LogP) is 5.75. The lowest BCUT2D eigenvalue weighted by atomic mass is 9.99. The van der Waals surface area contributed by atoms with Crippen LogP contribution in [0.15, 0.2) is 36.1 Å². The monoisotopic (exact) mass is 484 g/mol. The van der Waals surface area contributed by atoms with Gasteiger partial charge in [0, 0.05) is 36.3 Å². The van der Waals surface area contributed by atoms with Gasteiger partial charge in [-0.1, -0.05) is 19.9 Å². The third-order valence-corrected chi connectivity index (χ3v) is 5.78. The number of anilines is 1. The number of aryl methyl sites for hydroxylation is 1. The number of rotatable bonds is 10. The molecule has 8 nitrogen and oxygen atoms in total. The number of hydrogen-bond acceptors (Lipinski definition) is 6. The molecule has 0 aromatic carbocycles. The van der Waals surface area contributed by atoms with Gasteiger partial charge in [-0.25, -0.2) is 14.6 Å². The van der Waals surface area contributed by atoms with Crippen LogP contribution in [0, 0.1) is 0 Å². The van der Waals surface area contributed by atoms with E-state index in [4.69, 9.17) is 14.5 Å². The van der Waals surface area contributed by atoms with E-state index in [2.05, 4.69) is 30.2 Å². The van der Waals surface area contributed by atoms with E-state index in [9.17, 15) is 9.59 Å². The Kier molecular flexibility index (Phi) is 9.92. The Hall–Kier alpha value is -3.29. The minimum absolute atomic E-state index is 0.00555. The van der Waals surface area contributed by atoms with Gasteiger partial charge in [-0.2, -0.15) is 0 Å². The molecule has 2 rings (SSSR count). The highest BCUT2D eigenvalue weighted by atomic mass is 16.6. The SMILES string of the molecule is C/C=C(\C)C(=O)O/C=C/CNc1ccc2c(CC(CC)N(C)C(=O)OC(C)(C)C)c(CC)[nH]c2n1. The Bertz CT molecular complexity index is 1080. The number of hydrogen-bond donors (Lipinski definition) is 2. The van der Waals surface area contributed by atoms with Gasteiger partial charge in [0.1, 0.15) is 17.1 Å². The highest BCUT2D eigenvalue weighted by Gasteiger charge is 2.26. The molecule has 1 amide bonds. The van der Waals surface area contributed by atoms with E-state index in [1.54, 1.807) is 37.9 Å². The number of ether oxygens (including phenoxy) is 2. The van der Waals surface area contributed by atoms with Gasteiger partial charge in [-0.3, -0.25) is 0 Å². The van der Waals surface area contributed by atoms with Crippen LogP contribution < -0.4 is 5.32 Å². The summed E-state index contributed by atoms with van der Waals surface area (Å²) in [5, 5.41) is 4.26. The van der Waals surface area contributed by atoms with Crippen LogP contribution in [0.2, 0.25) is 0 Å². The molecule has 35 heavy (non-hydrogen) atoms. The molecule has 8 heteroatoms. The van der Waals surface area contributed by atoms with Gasteiger partial charge in [-0.05, 0) is 77.7 Å². The maximum Gasteiger partial charge on any atom is 0.410 e. The van der Waals surface area contributed by atoms with Crippen molar-refractivity contribution >= 4 is 28.9 Å². The van der Waals surface area contributed by atoms with Gasteiger partial charge >= 0.3 is 12.1 Å². The lowest BCUT2D eigenvalue weighted by Gasteiger charge is -2.30. The van der Waals surface area contributed by atoms with Crippen LogP contribution in [0.4, 0.5) is 10.6 Å². The number of pyridine rings is 1. The van der Waals surface area contributed by atoms with E-state index in [-0.39, 0.29) is 18.1 Å². The summed E-state index contributed by atoms with van der Waals surface area (Å²) in [6, 6.07) is 3.99. The van der Waals surface area contributed by atoms with Crippen LogP contribution in [0.25, 0.3) is 11.0 Å². The largest absolute Gasteiger partial charge is 0.444 e. The quantitative estimate of drug-likeness (QED) is 0.253. The Balaban J connectivity index is 2.13. The number of esters is 1. The van der Waals surface area contributed by atoms with Gasteiger partial charge in [-0.15, -0.1) is 0 Å². The minimum atomic E-state index is -0.533. The summed E-state index contributed by atoms with van der Waals surface area (Å²) < 4.78 is 10.6. The van der Waals surface area contributed by atoms with E-state index in [1.165, 1.54) is 11.8 Å². The molecule has 0 fully saturated rings. The summed E-state index contributed by atoms with van der Waals surface area (Å²) in [6.45, 7) is 13.8. The first-order valence-corrected chi connectivity index (χ1v) is 12.2. The summed E-state index contributed by atoms with van der Waals surface area (Å²) in [5.74, 6) is 0.350. The van der Waals surface area contributed by atoms with Crippen molar-refractivity contribution in [3.05, 3.63) is 47.4 Å². The fraction of sp³-hybridized carbons (Fsp3) is 0.519. The van der Waals surface area contributed by atoms with Crippen molar-refractivity contribution in [2.24, 2.45) is 0 Å². The van der Waals surface area contributed by atoms with Crippen molar-refractivity contribution in [2.45, 2.75) is 79.4 Å². The summed E-state index contributed by atoms with van der Waals surface area (Å²) in [6.07, 6.45) is 6.86. The van der Waals surface area contributed by atoms with E-state index in [0.717, 1.165) is 29.6 Å². The Morgan fingerprint density at radius 1 is 1.26 bits per heavy atom. The van der Waals surface area contributed by atoms with Gasteiger partial charge < -0.3 is 24.7 Å². The number of nitrogens with one attached hydrogen (secondary N) is 2. The number of carbonyl (C=O) groups is 2. The lowest BCUT2D eigenvalue weighted by Crippen LogP contribution is -2.41. The molecule has 2 N–H and O–H groups in total. The fourth-order valence-corrected chi connectivity index (χ4v) is 3.62. The second kappa shape index (κ2) is 12.4. The van der Waals surface area contributed by atoms with Crippen molar-refractivity contribution in [2.75, 3.05) is 18.9 Å². The lowest BCUT2D eigenvalue weighted by molar-refractivity contribution is -0.133. The van der Waals surface area contributed by atoms with E-state index in [0.29, 0.717) is 24.4 Å². The average molecular weight is 485 g/mol.